The van der Waals surface area contributed by atoms with E-state index in [1.54, 1.807) is 12.1 Å². The van der Waals surface area contributed by atoms with Crippen molar-refractivity contribution in [2.24, 2.45) is 5.92 Å². The van der Waals surface area contributed by atoms with E-state index in [-0.39, 0.29) is 5.97 Å². The molecule has 3 N–H and O–H groups in total. The number of anilines is 2. The van der Waals surface area contributed by atoms with E-state index in [9.17, 15) is 4.79 Å². The summed E-state index contributed by atoms with van der Waals surface area (Å²) in [5, 5.41) is 10.7. The minimum absolute atomic E-state index is 0.319. The Kier molecular flexibility index (Phi) is 4.07. The maximum Gasteiger partial charge on any atom is 0.328 e. The molecule has 2 aromatic rings. The molecule has 2 rings (SSSR count). The fourth-order valence-electron chi connectivity index (χ4n) is 2.02. The number of hydrogen-bond acceptors (Lipinski definition) is 7. The third kappa shape index (κ3) is 2.81. The van der Waals surface area contributed by atoms with Crippen molar-refractivity contribution in [3.63, 3.8) is 0 Å². The molecule has 0 bridgehead atoms. The van der Waals surface area contributed by atoms with Gasteiger partial charge in [-0.3, -0.25) is 0 Å². The minimum atomic E-state index is -0.455. The van der Waals surface area contributed by atoms with E-state index in [0.717, 1.165) is 0 Å². The zero-order valence-corrected chi connectivity index (χ0v) is 11.7. The van der Waals surface area contributed by atoms with E-state index >= 15 is 0 Å². The van der Waals surface area contributed by atoms with Crippen molar-refractivity contribution < 1.29 is 14.2 Å². The van der Waals surface area contributed by atoms with Gasteiger partial charge >= 0.3 is 5.97 Å². The Labute approximate surface area is 116 Å². The molecule has 1 unspecified atom stereocenters. The number of methoxy groups -OCH3 is 1. The first-order valence-electron chi connectivity index (χ1n) is 6.38. The molecule has 0 saturated carbocycles. The average Bonchev–Trinajstić information content (AvgIpc) is 2.90. The van der Waals surface area contributed by atoms with Gasteiger partial charge in [-0.25, -0.2) is 9.42 Å². The zero-order chi connectivity index (χ0) is 14.7. The zero-order valence-electron chi connectivity index (χ0n) is 11.7. The fourth-order valence-corrected chi connectivity index (χ4v) is 2.02. The molecular formula is C13H18N4O3. The summed E-state index contributed by atoms with van der Waals surface area (Å²) in [4.78, 5) is 11.8. The molecule has 1 aromatic carbocycles. The van der Waals surface area contributed by atoms with Gasteiger partial charge in [-0.2, -0.15) is 0 Å². The minimum Gasteiger partial charge on any atom is -0.467 e. The molecule has 20 heavy (non-hydrogen) atoms. The van der Waals surface area contributed by atoms with Crippen LogP contribution in [0, 0.1) is 5.92 Å². The standard InChI is InChI=1S/C13H18N4O3/c1-7(2)6-10(13(18)19-3)15-9-5-4-8(14)11-12(9)17-20-16-11/h4-5,7,10,15H,6,14H2,1-3H3. The topological polar surface area (TPSA) is 103 Å². The van der Waals surface area contributed by atoms with Crippen LogP contribution in [-0.4, -0.2) is 29.4 Å². The lowest BCUT2D eigenvalue weighted by Gasteiger charge is -2.19. The molecule has 0 fully saturated rings. The first kappa shape index (κ1) is 14.1. The van der Waals surface area contributed by atoms with Crippen LogP contribution in [0.3, 0.4) is 0 Å². The number of carbonyl (C=O) groups is 1. The molecular weight excluding hydrogens is 260 g/mol. The summed E-state index contributed by atoms with van der Waals surface area (Å²) < 4.78 is 9.52. The van der Waals surface area contributed by atoms with Crippen LogP contribution < -0.4 is 11.1 Å². The lowest BCUT2D eigenvalue weighted by molar-refractivity contribution is -0.141. The van der Waals surface area contributed by atoms with Gasteiger partial charge in [0.15, 0.2) is 11.0 Å². The molecule has 7 heteroatoms. The molecule has 1 heterocycles. The maximum atomic E-state index is 11.8. The number of hydrogen-bond donors (Lipinski definition) is 2. The number of fused-ring (bicyclic) bond motifs is 1. The number of rotatable bonds is 5. The SMILES string of the molecule is COC(=O)C(CC(C)C)Nc1ccc(N)c2nonc12. The number of carbonyl (C=O) groups excluding carboxylic acids is 1. The van der Waals surface area contributed by atoms with Gasteiger partial charge < -0.3 is 15.8 Å². The van der Waals surface area contributed by atoms with Gasteiger partial charge in [0.2, 0.25) is 0 Å². The molecule has 0 radical (unpaired) electrons. The fraction of sp³-hybridized carbons (Fsp3) is 0.462. The van der Waals surface area contributed by atoms with Gasteiger partial charge in [-0.1, -0.05) is 13.8 Å². The molecule has 0 saturated heterocycles. The van der Waals surface area contributed by atoms with Gasteiger partial charge in [-0.15, -0.1) is 0 Å². The Morgan fingerprint density at radius 1 is 1.40 bits per heavy atom. The van der Waals surface area contributed by atoms with Gasteiger partial charge in [0.25, 0.3) is 0 Å². The van der Waals surface area contributed by atoms with Gasteiger partial charge in [0, 0.05) is 0 Å². The first-order valence-corrected chi connectivity index (χ1v) is 6.38. The average molecular weight is 278 g/mol. The molecule has 0 aliphatic heterocycles. The Morgan fingerprint density at radius 2 is 2.10 bits per heavy atom. The molecule has 7 nitrogen and oxygen atoms in total. The van der Waals surface area contributed by atoms with E-state index in [1.807, 2.05) is 13.8 Å². The normalized spacial score (nSPS) is 12.6. The number of benzene rings is 1. The van der Waals surface area contributed by atoms with Crippen LogP contribution in [-0.2, 0) is 9.53 Å². The highest BCUT2D eigenvalue weighted by molar-refractivity contribution is 5.96. The van der Waals surface area contributed by atoms with Crippen LogP contribution in [0.5, 0.6) is 0 Å². The van der Waals surface area contributed by atoms with Crippen LogP contribution in [0.2, 0.25) is 0 Å². The van der Waals surface area contributed by atoms with Crippen molar-refractivity contribution in [1.82, 2.24) is 10.3 Å². The number of nitrogens with one attached hydrogen (secondary N) is 1. The Hall–Kier alpha value is -2.31. The van der Waals surface area contributed by atoms with Crippen LogP contribution >= 0.6 is 0 Å². The highest BCUT2D eigenvalue weighted by atomic mass is 16.6. The third-order valence-electron chi connectivity index (χ3n) is 2.97. The lowest BCUT2D eigenvalue weighted by atomic mass is 10.0. The number of esters is 1. The van der Waals surface area contributed by atoms with Gasteiger partial charge in [-0.05, 0) is 34.8 Å². The molecule has 1 aromatic heterocycles. The summed E-state index contributed by atoms with van der Waals surface area (Å²) in [7, 11) is 1.37. The number of nitrogens with two attached hydrogens (primary N) is 1. The highest BCUT2D eigenvalue weighted by Gasteiger charge is 2.22. The predicted molar refractivity (Wildman–Crippen MR) is 75.1 cm³/mol. The number of nitrogens with zero attached hydrogens (tertiary/aromatic N) is 2. The largest absolute Gasteiger partial charge is 0.467 e. The number of nitrogen functional groups attached to an aromatic ring is 1. The van der Waals surface area contributed by atoms with Crippen LogP contribution in [0.1, 0.15) is 20.3 Å². The summed E-state index contributed by atoms with van der Waals surface area (Å²) in [6.45, 7) is 4.07. The second-order valence-electron chi connectivity index (χ2n) is 5.01. The molecule has 108 valence electrons. The molecule has 1 atom stereocenters. The van der Waals surface area contributed by atoms with Crippen molar-refractivity contribution >= 4 is 28.4 Å². The third-order valence-corrected chi connectivity index (χ3v) is 2.97. The maximum absolute atomic E-state index is 11.8. The molecule has 0 aliphatic rings. The lowest BCUT2D eigenvalue weighted by Crippen LogP contribution is -2.32. The van der Waals surface area contributed by atoms with Gasteiger partial charge in [0.1, 0.15) is 6.04 Å². The monoisotopic (exact) mass is 278 g/mol. The molecule has 0 spiro atoms. The van der Waals surface area contributed by atoms with E-state index in [1.165, 1.54) is 7.11 Å². The van der Waals surface area contributed by atoms with E-state index in [4.69, 9.17) is 15.1 Å². The predicted octanol–water partition coefficient (Wildman–Crippen LogP) is 1.80. The summed E-state index contributed by atoms with van der Waals surface area (Å²) >= 11 is 0. The second kappa shape index (κ2) is 5.77. The smallest absolute Gasteiger partial charge is 0.328 e. The Bertz CT molecular complexity index is 609. The van der Waals surface area contributed by atoms with E-state index in [0.29, 0.717) is 34.7 Å². The van der Waals surface area contributed by atoms with Crippen molar-refractivity contribution in [3.8, 4) is 0 Å². The van der Waals surface area contributed by atoms with Crippen molar-refractivity contribution in [2.45, 2.75) is 26.3 Å². The van der Waals surface area contributed by atoms with Crippen LogP contribution in [0.4, 0.5) is 11.4 Å². The summed E-state index contributed by atoms with van der Waals surface area (Å²) in [6.07, 6.45) is 0.643. The Morgan fingerprint density at radius 3 is 2.75 bits per heavy atom. The summed E-state index contributed by atoms with van der Waals surface area (Å²) in [5.41, 5.74) is 7.88. The molecule has 0 amide bonds. The number of aromatic nitrogens is 2. The summed E-state index contributed by atoms with van der Waals surface area (Å²) in [5.74, 6) is 0.0198. The highest BCUT2D eigenvalue weighted by Crippen LogP contribution is 2.26. The summed E-state index contributed by atoms with van der Waals surface area (Å²) in [6, 6.07) is 2.99. The second-order valence-corrected chi connectivity index (χ2v) is 5.01. The van der Waals surface area contributed by atoms with E-state index < -0.39 is 6.04 Å². The van der Waals surface area contributed by atoms with Crippen molar-refractivity contribution in [2.75, 3.05) is 18.2 Å². The van der Waals surface area contributed by atoms with Crippen molar-refractivity contribution in [1.29, 1.82) is 0 Å². The molecule has 0 aliphatic carbocycles. The van der Waals surface area contributed by atoms with Crippen LogP contribution in [0.25, 0.3) is 11.0 Å². The number of ether oxygens (including phenoxy) is 1. The van der Waals surface area contributed by atoms with Crippen LogP contribution in [0.15, 0.2) is 16.8 Å². The van der Waals surface area contributed by atoms with Gasteiger partial charge in [0.05, 0.1) is 18.5 Å². The Balaban J connectivity index is 2.30. The van der Waals surface area contributed by atoms with E-state index in [2.05, 4.69) is 15.6 Å². The van der Waals surface area contributed by atoms with Crippen molar-refractivity contribution in [3.05, 3.63) is 12.1 Å². The quantitative estimate of drug-likeness (QED) is 0.635. The first-order chi connectivity index (χ1) is 9.52.